The Labute approximate surface area is 109 Å². The van der Waals surface area contributed by atoms with Gasteiger partial charge in [-0.1, -0.05) is 0 Å². The summed E-state index contributed by atoms with van der Waals surface area (Å²) < 4.78 is 7.10. The molecule has 0 aromatic carbocycles. The van der Waals surface area contributed by atoms with Gasteiger partial charge in [0, 0.05) is 25.0 Å². The van der Waals surface area contributed by atoms with Crippen molar-refractivity contribution in [3.8, 4) is 0 Å². The molecule has 0 saturated carbocycles. The van der Waals surface area contributed by atoms with Crippen molar-refractivity contribution in [1.29, 1.82) is 0 Å². The van der Waals surface area contributed by atoms with E-state index >= 15 is 0 Å². The van der Waals surface area contributed by atoms with E-state index in [0.29, 0.717) is 13.0 Å². The van der Waals surface area contributed by atoms with Crippen LogP contribution in [-0.2, 0) is 16.1 Å². The van der Waals surface area contributed by atoms with Crippen molar-refractivity contribution < 1.29 is 9.53 Å². The summed E-state index contributed by atoms with van der Waals surface area (Å²) >= 11 is 0. The highest BCUT2D eigenvalue weighted by Crippen LogP contribution is 2.07. The molecule has 0 spiro atoms. The Kier molecular flexibility index (Phi) is 5.34. The number of hydrogen-bond donors (Lipinski definition) is 1. The van der Waals surface area contributed by atoms with Crippen molar-refractivity contribution >= 4 is 5.97 Å². The van der Waals surface area contributed by atoms with Crippen LogP contribution in [0, 0.1) is 0 Å². The predicted octanol–water partition coefficient (Wildman–Crippen LogP) is 1.59. The Morgan fingerprint density at radius 2 is 2.22 bits per heavy atom. The lowest BCUT2D eigenvalue weighted by Gasteiger charge is -2.20. The molecule has 0 amide bonds. The standard InChI is InChI=1S/C13H23N3O2/c1-11(10-16-9-5-7-15-16)14-8-6-12(17)18-13(2,3)4/h5,7,9,11,14H,6,8,10H2,1-4H3. The van der Waals surface area contributed by atoms with Crippen molar-refractivity contribution in [2.24, 2.45) is 0 Å². The number of hydrogen-bond acceptors (Lipinski definition) is 4. The largest absolute Gasteiger partial charge is 0.460 e. The zero-order valence-electron chi connectivity index (χ0n) is 11.6. The van der Waals surface area contributed by atoms with Gasteiger partial charge in [0.15, 0.2) is 0 Å². The maximum Gasteiger partial charge on any atom is 0.307 e. The van der Waals surface area contributed by atoms with Gasteiger partial charge in [0.2, 0.25) is 0 Å². The molecule has 0 radical (unpaired) electrons. The Morgan fingerprint density at radius 1 is 1.50 bits per heavy atom. The van der Waals surface area contributed by atoms with E-state index in [1.807, 2.05) is 37.7 Å². The molecule has 1 unspecified atom stereocenters. The fourth-order valence-electron chi connectivity index (χ4n) is 1.57. The Morgan fingerprint density at radius 3 is 2.78 bits per heavy atom. The number of ether oxygens (including phenoxy) is 1. The Balaban J connectivity index is 2.15. The van der Waals surface area contributed by atoms with E-state index in [4.69, 9.17) is 4.74 Å². The molecule has 1 rings (SSSR count). The first-order valence-corrected chi connectivity index (χ1v) is 6.29. The van der Waals surface area contributed by atoms with Gasteiger partial charge < -0.3 is 10.1 Å². The molecule has 1 atom stereocenters. The monoisotopic (exact) mass is 253 g/mol. The number of nitrogens with zero attached hydrogens (tertiary/aromatic N) is 2. The number of carbonyl (C=O) groups excluding carboxylic acids is 1. The Bertz CT molecular complexity index is 355. The summed E-state index contributed by atoms with van der Waals surface area (Å²) in [6, 6.07) is 2.17. The lowest BCUT2D eigenvalue weighted by atomic mass is 10.2. The van der Waals surface area contributed by atoms with Gasteiger partial charge in [-0.05, 0) is 33.8 Å². The van der Waals surface area contributed by atoms with Gasteiger partial charge in [-0.15, -0.1) is 0 Å². The molecule has 18 heavy (non-hydrogen) atoms. The fourth-order valence-corrected chi connectivity index (χ4v) is 1.57. The average molecular weight is 253 g/mol. The third-order valence-electron chi connectivity index (χ3n) is 2.26. The summed E-state index contributed by atoms with van der Waals surface area (Å²) in [5.74, 6) is -0.165. The normalized spacial score (nSPS) is 13.3. The molecule has 0 aliphatic carbocycles. The first-order valence-electron chi connectivity index (χ1n) is 6.29. The fraction of sp³-hybridized carbons (Fsp3) is 0.692. The van der Waals surface area contributed by atoms with Crippen LogP contribution in [0.2, 0.25) is 0 Å². The number of aromatic nitrogens is 2. The molecule has 0 aliphatic rings. The highest BCUT2D eigenvalue weighted by Gasteiger charge is 2.15. The minimum atomic E-state index is -0.405. The molecule has 1 N–H and O–H groups in total. The second-order valence-electron chi connectivity index (χ2n) is 5.42. The van der Waals surface area contributed by atoms with E-state index in [9.17, 15) is 4.79 Å². The zero-order chi connectivity index (χ0) is 13.6. The lowest BCUT2D eigenvalue weighted by Crippen LogP contribution is -2.33. The van der Waals surface area contributed by atoms with Crippen LogP contribution in [0.25, 0.3) is 0 Å². The van der Waals surface area contributed by atoms with E-state index in [0.717, 1.165) is 6.54 Å². The molecule has 1 aromatic heterocycles. The minimum absolute atomic E-state index is 0.165. The summed E-state index contributed by atoms with van der Waals surface area (Å²) in [7, 11) is 0. The van der Waals surface area contributed by atoms with E-state index in [1.54, 1.807) is 6.20 Å². The molecule has 102 valence electrons. The van der Waals surface area contributed by atoms with Crippen LogP contribution < -0.4 is 5.32 Å². The molecule has 0 fully saturated rings. The molecule has 1 aromatic rings. The third-order valence-corrected chi connectivity index (χ3v) is 2.26. The molecule has 5 nitrogen and oxygen atoms in total. The van der Waals surface area contributed by atoms with Crippen molar-refractivity contribution in [3.63, 3.8) is 0 Å². The summed E-state index contributed by atoms with van der Waals surface area (Å²) in [6.07, 6.45) is 4.07. The molecule has 1 heterocycles. The molecular weight excluding hydrogens is 230 g/mol. The topological polar surface area (TPSA) is 56.2 Å². The molecule has 0 bridgehead atoms. The van der Waals surface area contributed by atoms with Crippen molar-refractivity contribution in [3.05, 3.63) is 18.5 Å². The average Bonchev–Trinajstić information content (AvgIpc) is 2.67. The van der Waals surface area contributed by atoms with Crippen LogP contribution >= 0.6 is 0 Å². The number of nitrogens with one attached hydrogen (secondary N) is 1. The maximum atomic E-state index is 11.5. The Hall–Kier alpha value is -1.36. The second kappa shape index (κ2) is 6.54. The van der Waals surface area contributed by atoms with E-state index in [-0.39, 0.29) is 12.0 Å². The van der Waals surface area contributed by atoms with E-state index in [2.05, 4.69) is 17.3 Å². The summed E-state index contributed by atoms with van der Waals surface area (Å²) in [5, 5.41) is 7.41. The molecule has 5 heteroatoms. The van der Waals surface area contributed by atoms with Gasteiger partial charge >= 0.3 is 5.97 Å². The SMILES string of the molecule is CC(Cn1cccn1)NCCC(=O)OC(C)(C)C. The van der Waals surface area contributed by atoms with E-state index < -0.39 is 5.60 Å². The maximum absolute atomic E-state index is 11.5. The zero-order valence-corrected chi connectivity index (χ0v) is 11.6. The molecule has 0 aliphatic heterocycles. The summed E-state index contributed by atoms with van der Waals surface area (Å²) in [4.78, 5) is 11.5. The van der Waals surface area contributed by atoms with Crippen LogP contribution in [0.5, 0.6) is 0 Å². The lowest BCUT2D eigenvalue weighted by molar-refractivity contribution is -0.154. The van der Waals surface area contributed by atoms with Gasteiger partial charge in [-0.2, -0.15) is 5.10 Å². The van der Waals surface area contributed by atoms with Crippen molar-refractivity contribution in [2.75, 3.05) is 6.54 Å². The number of esters is 1. The number of carbonyl (C=O) groups is 1. The van der Waals surface area contributed by atoms with Crippen LogP contribution in [-0.4, -0.2) is 33.9 Å². The van der Waals surface area contributed by atoms with Crippen molar-refractivity contribution in [2.45, 2.75) is 52.3 Å². The molecule has 0 saturated heterocycles. The second-order valence-corrected chi connectivity index (χ2v) is 5.42. The quantitative estimate of drug-likeness (QED) is 0.782. The summed E-state index contributed by atoms with van der Waals surface area (Å²) in [6.45, 7) is 9.10. The highest BCUT2D eigenvalue weighted by molar-refractivity contribution is 5.70. The van der Waals surface area contributed by atoms with Crippen molar-refractivity contribution in [1.82, 2.24) is 15.1 Å². The van der Waals surface area contributed by atoms with Crippen LogP contribution in [0.3, 0.4) is 0 Å². The van der Waals surface area contributed by atoms with Crippen LogP contribution in [0.4, 0.5) is 0 Å². The van der Waals surface area contributed by atoms with Gasteiger partial charge in [-0.25, -0.2) is 0 Å². The van der Waals surface area contributed by atoms with Gasteiger partial charge in [-0.3, -0.25) is 9.48 Å². The van der Waals surface area contributed by atoms with E-state index in [1.165, 1.54) is 0 Å². The van der Waals surface area contributed by atoms with Gasteiger partial charge in [0.1, 0.15) is 5.60 Å². The predicted molar refractivity (Wildman–Crippen MR) is 70.2 cm³/mol. The minimum Gasteiger partial charge on any atom is -0.460 e. The van der Waals surface area contributed by atoms with Gasteiger partial charge in [0.05, 0.1) is 13.0 Å². The van der Waals surface area contributed by atoms with Gasteiger partial charge in [0.25, 0.3) is 0 Å². The highest BCUT2D eigenvalue weighted by atomic mass is 16.6. The summed E-state index contributed by atoms with van der Waals surface area (Å²) in [5.41, 5.74) is -0.405. The van der Waals surface area contributed by atoms with Crippen LogP contribution in [0.1, 0.15) is 34.1 Å². The molecular formula is C13H23N3O2. The third kappa shape index (κ3) is 6.39. The first-order chi connectivity index (χ1) is 8.37. The first kappa shape index (κ1) is 14.7. The smallest absolute Gasteiger partial charge is 0.307 e. The number of rotatable bonds is 6. The van der Waals surface area contributed by atoms with Crippen LogP contribution in [0.15, 0.2) is 18.5 Å².